The van der Waals surface area contributed by atoms with Crippen LogP contribution < -0.4 is 16.4 Å². The number of nitrogens with one attached hydrogen (secondary N) is 2. The number of nitrogens with two attached hydrogens (primary N) is 1. The van der Waals surface area contributed by atoms with Gasteiger partial charge in [-0.1, -0.05) is 42.5 Å². The molecule has 0 radical (unpaired) electrons. The van der Waals surface area contributed by atoms with Crippen LogP contribution in [-0.4, -0.2) is 61.9 Å². The fraction of sp³-hybridized carbons (Fsp3) is 0.308. The summed E-state index contributed by atoms with van der Waals surface area (Å²) in [6, 6.07) is 15.5. The molecule has 2 saturated heterocycles. The molecule has 2 aromatic rings. The first kappa shape index (κ1) is 26.7. The summed E-state index contributed by atoms with van der Waals surface area (Å²) in [5, 5.41) is 24.1. The van der Waals surface area contributed by atoms with Crippen molar-refractivity contribution in [1.29, 1.82) is 5.26 Å². The third-order valence-corrected chi connectivity index (χ3v) is 8.10. The summed E-state index contributed by atoms with van der Waals surface area (Å²) in [5.41, 5.74) is 5.24. The van der Waals surface area contributed by atoms with E-state index in [2.05, 4.69) is 15.6 Å². The van der Waals surface area contributed by atoms with Crippen LogP contribution in [0.3, 0.4) is 0 Å². The van der Waals surface area contributed by atoms with Gasteiger partial charge >= 0.3 is 5.97 Å². The summed E-state index contributed by atoms with van der Waals surface area (Å²) in [6.45, 7) is 2.90. The van der Waals surface area contributed by atoms with Gasteiger partial charge in [-0.2, -0.15) is 5.26 Å². The fourth-order valence-electron chi connectivity index (χ4n) is 4.62. The molecular formula is C26H26N6O5S. The number of aliphatic carboxylic acids is 1. The average molecular weight is 535 g/mol. The molecule has 0 spiro atoms. The summed E-state index contributed by atoms with van der Waals surface area (Å²) in [5.74, 6) is -3.14. The Bertz CT molecular complexity index is 1370. The number of rotatable bonds is 8. The molecule has 3 amide bonds. The molecule has 2 aliphatic heterocycles. The molecule has 11 nitrogen and oxygen atoms in total. The Morgan fingerprint density at radius 1 is 1.24 bits per heavy atom. The summed E-state index contributed by atoms with van der Waals surface area (Å²) in [4.78, 5) is 56.7. The van der Waals surface area contributed by atoms with Gasteiger partial charge in [0.15, 0.2) is 0 Å². The highest BCUT2D eigenvalue weighted by molar-refractivity contribution is 8.01. The van der Waals surface area contributed by atoms with Crippen LogP contribution in [0.15, 0.2) is 59.6 Å². The molecule has 2 heterocycles. The van der Waals surface area contributed by atoms with E-state index >= 15 is 0 Å². The Kier molecular flexibility index (Phi) is 7.15. The van der Waals surface area contributed by atoms with Gasteiger partial charge in [-0.3, -0.25) is 24.3 Å². The normalized spacial score (nSPS) is 22.4. The zero-order chi connectivity index (χ0) is 27.7. The molecule has 2 aliphatic rings. The van der Waals surface area contributed by atoms with E-state index in [0.29, 0.717) is 16.7 Å². The maximum Gasteiger partial charge on any atom is 0.352 e. The van der Waals surface area contributed by atoms with Gasteiger partial charge in [0.25, 0.3) is 0 Å². The van der Waals surface area contributed by atoms with Gasteiger partial charge in [0.05, 0.1) is 28.2 Å². The molecule has 1 unspecified atom stereocenters. The molecule has 3 atom stereocenters. The number of amides is 3. The van der Waals surface area contributed by atoms with Crippen molar-refractivity contribution in [3.8, 4) is 6.07 Å². The van der Waals surface area contributed by atoms with Gasteiger partial charge in [-0.15, -0.1) is 11.8 Å². The van der Waals surface area contributed by atoms with Crippen LogP contribution in [0.1, 0.15) is 43.0 Å². The molecule has 0 aliphatic carbocycles. The van der Waals surface area contributed by atoms with Gasteiger partial charge in [-0.25, -0.2) is 4.79 Å². The van der Waals surface area contributed by atoms with E-state index in [1.807, 2.05) is 6.07 Å². The lowest BCUT2D eigenvalue weighted by atomic mass is 9.89. The number of fused-ring (bicyclic) bond motifs is 1. The maximum absolute atomic E-state index is 13.6. The van der Waals surface area contributed by atoms with Crippen LogP contribution in [0.4, 0.5) is 0 Å². The molecule has 5 N–H and O–H groups in total. The molecule has 38 heavy (non-hydrogen) atoms. The number of carboxylic acids is 1. The van der Waals surface area contributed by atoms with E-state index in [1.165, 1.54) is 22.7 Å². The summed E-state index contributed by atoms with van der Waals surface area (Å²) in [6.07, 6.45) is 0.189. The number of carboxylic acid groups (broad SMARTS) is 1. The number of thioether (sulfide) groups is 1. The monoisotopic (exact) mass is 534 g/mol. The Hall–Kier alpha value is -4.37. The lowest BCUT2D eigenvalue weighted by Gasteiger charge is -2.46. The Morgan fingerprint density at radius 2 is 1.95 bits per heavy atom. The number of aliphatic imine (C=N–C) groups is 1. The molecular weight excluding hydrogens is 508 g/mol. The number of benzene rings is 2. The first-order valence-corrected chi connectivity index (χ1v) is 12.6. The Labute approximate surface area is 223 Å². The number of amidine groups is 1. The van der Waals surface area contributed by atoms with Crippen LogP contribution in [0.5, 0.6) is 0 Å². The predicted molar refractivity (Wildman–Crippen MR) is 140 cm³/mol. The average Bonchev–Trinajstić information content (AvgIpc) is 3.08. The van der Waals surface area contributed by atoms with Gasteiger partial charge < -0.3 is 21.5 Å². The smallest absolute Gasteiger partial charge is 0.352 e. The van der Waals surface area contributed by atoms with Crippen molar-refractivity contribution in [2.24, 2.45) is 10.7 Å². The van der Waals surface area contributed by atoms with E-state index < -0.39 is 40.8 Å². The standard InChI is InChI=1S/C26H26N6O5S/c1-25(2)26(24(36)37,32-19(34)12-20(32)38-25)31-23(35)21(16-8-4-3-5-9-16)30-18(33)14-29-22(28)17-10-6-7-15(11-17)13-27/h3-11,20-21H,12,14H2,1-2H3,(H2,28,29)(H,30,33)(H,31,35)(H,36,37)/t20-,21?,26+/m1/s1. The van der Waals surface area contributed by atoms with Crippen molar-refractivity contribution in [3.05, 3.63) is 71.3 Å². The summed E-state index contributed by atoms with van der Waals surface area (Å²) < 4.78 is -1.05. The lowest BCUT2D eigenvalue weighted by molar-refractivity contribution is -0.173. The number of carbonyl (C=O) groups is 4. The molecule has 2 aromatic carbocycles. The van der Waals surface area contributed by atoms with Crippen LogP contribution >= 0.6 is 11.8 Å². The van der Waals surface area contributed by atoms with E-state index in [0.717, 1.165) is 0 Å². The lowest BCUT2D eigenvalue weighted by Crippen LogP contribution is -2.75. The van der Waals surface area contributed by atoms with Crippen molar-refractivity contribution in [2.45, 2.75) is 42.1 Å². The molecule has 0 bridgehead atoms. The zero-order valence-corrected chi connectivity index (χ0v) is 21.5. The maximum atomic E-state index is 13.6. The predicted octanol–water partition coefficient (Wildman–Crippen LogP) is 1.10. The first-order chi connectivity index (χ1) is 18.0. The number of carbonyl (C=O) groups excluding carboxylic acids is 3. The second-order valence-electron chi connectivity index (χ2n) is 9.36. The topological polar surface area (TPSA) is 178 Å². The van der Waals surface area contributed by atoms with Gasteiger partial charge in [0.2, 0.25) is 23.4 Å². The Morgan fingerprint density at radius 3 is 2.58 bits per heavy atom. The van der Waals surface area contributed by atoms with Crippen LogP contribution in [0.2, 0.25) is 0 Å². The number of hydrogen-bond donors (Lipinski definition) is 4. The van der Waals surface area contributed by atoms with Gasteiger partial charge in [0, 0.05) is 5.56 Å². The van der Waals surface area contributed by atoms with Gasteiger partial charge in [0.1, 0.15) is 18.4 Å². The highest BCUT2D eigenvalue weighted by Gasteiger charge is 2.70. The van der Waals surface area contributed by atoms with Crippen molar-refractivity contribution >= 4 is 41.3 Å². The first-order valence-electron chi connectivity index (χ1n) is 11.7. The van der Waals surface area contributed by atoms with Gasteiger partial charge in [-0.05, 0) is 31.5 Å². The Balaban J connectivity index is 1.57. The fourth-order valence-corrected chi connectivity index (χ4v) is 6.32. The van der Waals surface area contributed by atoms with Crippen molar-refractivity contribution in [2.75, 3.05) is 6.54 Å². The largest absolute Gasteiger partial charge is 0.478 e. The molecule has 196 valence electrons. The minimum absolute atomic E-state index is 0.0369. The van der Waals surface area contributed by atoms with Crippen LogP contribution in [0.25, 0.3) is 0 Å². The molecule has 0 saturated carbocycles. The highest BCUT2D eigenvalue weighted by atomic mass is 32.2. The minimum atomic E-state index is -2.00. The summed E-state index contributed by atoms with van der Waals surface area (Å²) in [7, 11) is 0. The second kappa shape index (κ2) is 10.2. The van der Waals surface area contributed by atoms with Crippen LogP contribution in [-0.2, 0) is 19.2 Å². The molecule has 12 heteroatoms. The number of hydrogen-bond acceptors (Lipinski definition) is 7. The molecule has 4 rings (SSSR count). The number of β-lactam (4-membered cyclic amide) rings is 1. The van der Waals surface area contributed by atoms with Crippen LogP contribution in [0, 0.1) is 11.3 Å². The van der Waals surface area contributed by atoms with Crippen molar-refractivity contribution < 1.29 is 24.3 Å². The second-order valence-corrected chi connectivity index (χ2v) is 11.2. The zero-order valence-electron chi connectivity index (χ0n) is 20.7. The van der Waals surface area contributed by atoms with E-state index in [-0.39, 0.29) is 23.5 Å². The SMILES string of the molecule is CC1(C)S[C@@H]2CC(=O)N2[C@@]1(NC(=O)C(NC(=O)CN=C(N)c1cccc(C#N)c1)c1ccccc1)C(=O)O. The highest BCUT2D eigenvalue weighted by Crippen LogP contribution is 2.55. The summed E-state index contributed by atoms with van der Waals surface area (Å²) >= 11 is 1.30. The van der Waals surface area contributed by atoms with E-state index in [4.69, 9.17) is 11.0 Å². The van der Waals surface area contributed by atoms with Crippen molar-refractivity contribution in [1.82, 2.24) is 15.5 Å². The molecule has 2 fully saturated rings. The third kappa shape index (κ3) is 4.68. The van der Waals surface area contributed by atoms with Crippen molar-refractivity contribution in [3.63, 3.8) is 0 Å². The van der Waals surface area contributed by atoms with E-state index in [9.17, 15) is 24.3 Å². The third-order valence-electron chi connectivity index (χ3n) is 6.56. The molecule has 0 aromatic heterocycles. The van der Waals surface area contributed by atoms with E-state index in [1.54, 1.807) is 62.4 Å². The minimum Gasteiger partial charge on any atom is -0.478 e. The number of nitrogens with zero attached hydrogens (tertiary/aromatic N) is 3. The quantitative estimate of drug-likeness (QED) is 0.221. The number of nitriles is 1.